The molecule has 1 aromatic carbocycles. The Morgan fingerprint density at radius 3 is 2.65 bits per heavy atom. The van der Waals surface area contributed by atoms with Gasteiger partial charge in [-0.15, -0.1) is 0 Å². The van der Waals surface area contributed by atoms with Crippen LogP contribution in [0.1, 0.15) is 12.8 Å². The summed E-state index contributed by atoms with van der Waals surface area (Å²) in [5.41, 5.74) is 8.41. The smallest absolute Gasteiger partial charge is 0.0632 e. The Hall–Kier alpha value is -1.81. The van der Waals surface area contributed by atoms with Crippen molar-refractivity contribution in [3.05, 3.63) is 30.6 Å². The number of fused-ring (bicyclic) bond motifs is 1. The standard InChI is InChI=1S/C16H22N4/c1-19(2)13-6-9-20(10-7-13)15-4-3-12-11-18-8-5-14(12)16(15)17/h3-5,8,11,13H,6-7,9-10,17H2,1-2H3. The molecular formula is C16H22N4. The maximum absolute atomic E-state index is 6.36. The van der Waals surface area contributed by atoms with E-state index in [1.165, 1.54) is 18.5 Å². The highest BCUT2D eigenvalue weighted by atomic mass is 15.2. The molecule has 2 aromatic rings. The molecule has 4 nitrogen and oxygen atoms in total. The normalized spacial score (nSPS) is 17.1. The fourth-order valence-corrected chi connectivity index (χ4v) is 3.08. The highest BCUT2D eigenvalue weighted by Crippen LogP contribution is 2.32. The Kier molecular flexibility index (Phi) is 3.49. The maximum atomic E-state index is 6.36. The predicted molar refractivity (Wildman–Crippen MR) is 85.1 cm³/mol. The molecule has 4 heteroatoms. The number of nitrogen functional groups attached to an aromatic ring is 1. The van der Waals surface area contributed by atoms with Crippen molar-refractivity contribution in [3.8, 4) is 0 Å². The average Bonchev–Trinajstić information content (AvgIpc) is 2.48. The maximum Gasteiger partial charge on any atom is 0.0632 e. The van der Waals surface area contributed by atoms with Crippen LogP contribution >= 0.6 is 0 Å². The molecule has 0 amide bonds. The second-order valence-electron chi connectivity index (χ2n) is 5.78. The van der Waals surface area contributed by atoms with Crippen LogP contribution in [0.3, 0.4) is 0 Å². The summed E-state index contributed by atoms with van der Waals surface area (Å²) in [6.07, 6.45) is 6.07. The first kappa shape index (κ1) is 13.2. The van der Waals surface area contributed by atoms with Gasteiger partial charge in [-0.25, -0.2) is 0 Å². The number of pyridine rings is 1. The van der Waals surface area contributed by atoms with Gasteiger partial charge in [0, 0.05) is 42.3 Å². The van der Waals surface area contributed by atoms with Gasteiger partial charge >= 0.3 is 0 Å². The molecule has 106 valence electrons. The van der Waals surface area contributed by atoms with Crippen molar-refractivity contribution in [1.82, 2.24) is 9.88 Å². The van der Waals surface area contributed by atoms with Crippen LogP contribution in [0.15, 0.2) is 30.6 Å². The molecule has 0 radical (unpaired) electrons. The predicted octanol–water partition coefficient (Wildman–Crippen LogP) is 2.35. The number of nitrogens with zero attached hydrogens (tertiary/aromatic N) is 3. The molecule has 2 N–H and O–H groups in total. The van der Waals surface area contributed by atoms with Crippen LogP contribution in [0.5, 0.6) is 0 Å². The number of benzene rings is 1. The van der Waals surface area contributed by atoms with Gasteiger partial charge in [0.15, 0.2) is 0 Å². The number of piperidine rings is 1. The highest BCUT2D eigenvalue weighted by Gasteiger charge is 2.22. The second-order valence-corrected chi connectivity index (χ2v) is 5.78. The second kappa shape index (κ2) is 5.29. The summed E-state index contributed by atoms with van der Waals surface area (Å²) in [7, 11) is 4.33. The van der Waals surface area contributed by atoms with Crippen LogP contribution in [0.2, 0.25) is 0 Å². The number of hydrogen-bond donors (Lipinski definition) is 1. The number of nitrogens with two attached hydrogens (primary N) is 1. The van der Waals surface area contributed by atoms with Gasteiger partial charge < -0.3 is 15.5 Å². The Labute approximate surface area is 120 Å². The van der Waals surface area contributed by atoms with Gasteiger partial charge in [-0.05, 0) is 39.1 Å². The van der Waals surface area contributed by atoms with E-state index in [0.717, 1.165) is 29.5 Å². The Balaban J connectivity index is 1.86. The Morgan fingerprint density at radius 1 is 1.20 bits per heavy atom. The lowest BCUT2D eigenvalue weighted by molar-refractivity contribution is 0.250. The van der Waals surface area contributed by atoms with E-state index in [1.54, 1.807) is 6.20 Å². The quantitative estimate of drug-likeness (QED) is 0.851. The fraction of sp³-hybridized carbons (Fsp3) is 0.438. The van der Waals surface area contributed by atoms with E-state index in [2.05, 4.69) is 41.0 Å². The van der Waals surface area contributed by atoms with Gasteiger partial charge in [-0.2, -0.15) is 0 Å². The summed E-state index contributed by atoms with van der Waals surface area (Å²) in [4.78, 5) is 8.89. The SMILES string of the molecule is CN(C)C1CCN(c2ccc3cnccc3c2N)CC1. The summed E-state index contributed by atoms with van der Waals surface area (Å²) >= 11 is 0. The van der Waals surface area contributed by atoms with E-state index >= 15 is 0 Å². The minimum absolute atomic E-state index is 0.692. The van der Waals surface area contributed by atoms with Crippen molar-refractivity contribution in [2.24, 2.45) is 0 Å². The minimum Gasteiger partial charge on any atom is -0.397 e. The van der Waals surface area contributed by atoms with Gasteiger partial charge in [0.2, 0.25) is 0 Å². The van der Waals surface area contributed by atoms with Crippen molar-refractivity contribution < 1.29 is 0 Å². The molecule has 1 aliphatic rings. The molecule has 3 rings (SSSR count). The molecule has 2 heterocycles. The molecular weight excluding hydrogens is 248 g/mol. The minimum atomic E-state index is 0.692. The number of hydrogen-bond acceptors (Lipinski definition) is 4. The van der Waals surface area contributed by atoms with Crippen molar-refractivity contribution in [2.75, 3.05) is 37.8 Å². The van der Waals surface area contributed by atoms with Crippen LogP contribution in [0.25, 0.3) is 10.8 Å². The Morgan fingerprint density at radius 2 is 1.95 bits per heavy atom. The number of aromatic nitrogens is 1. The van der Waals surface area contributed by atoms with Gasteiger partial charge in [0.25, 0.3) is 0 Å². The summed E-state index contributed by atoms with van der Waals surface area (Å²) in [5, 5.41) is 2.21. The highest BCUT2D eigenvalue weighted by molar-refractivity contribution is 5.98. The monoisotopic (exact) mass is 270 g/mol. The molecule has 0 atom stereocenters. The molecule has 20 heavy (non-hydrogen) atoms. The molecule has 1 aromatic heterocycles. The van der Waals surface area contributed by atoms with E-state index in [1.807, 2.05) is 12.3 Å². The summed E-state index contributed by atoms with van der Waals surface area (Å²) in [5.74, 6) is 0. The first-order valence-electron chi connectivity index (χ1n) is 7.20. The topological polar surface area (TPSA) is 45.4 Å². The summed E-state index contributed by atoms with van der Waals surface area (Å²) in [6, 6.07) is 6.94. The molecule has 1 aliphatic heterocycles. The van der Waals surface area contributed by atoms with E-state index in [0.29, 0.717) is 6.04 Å². The van der Waals surface area contributed by atoms with Crippen molar-refractivity contribution >= 4 is 22.1 Å². The van der Waals surface area contributed by atoms with Crippen molar-refractivity contribution in [2.45, 2.75) is 18.9 Å². The summed E-state index contributed by atoms with van der Waals surface area (Å²) < 4.78 is 0. The van der Waals surface area contributed by atoms with Crippen molar-refractivity contribution in [1.29, 1.82) is 0 Å². The lowest BCUT2D eigenvalue weighted by Gasteiger charge is -2.37. The van der Waals surface area contributed by atoms with Crippen LogP contribution in [0, 0.1) is 0 Å². The molecule has 0 bridgehead atoms. The summed E-state index contributed by atoms with van der Waals surface area (Å²) in [6.45, 7) is 2.15. The average molecular weight is 270 g/mol. The van der Waals surface area contributed by atoms with Gasteiger partial charge in [0.1, 0.15) is 0 Å². The third-order valence-electron chi connectivity index (χ3n) is 4.37. The van der Waals surface area contributed by atoms with Crippen LogP contribution in [-0.4, -0.2) is 43.1 Å². The fourth-order valence-electron chi connectivity index (χ4n) is 3.08. The van der Waals surface area contributed by atoms with E-state index in [-0.39, 0.29) is 0 Å². The zero-order valence-electron chi connectivity index (χ0n) is 12.2. The zero-order valence-corrected chi connectivity index (χ0v) is 12.2. The number of rotatable bonds is 2. The Bertz CT molecular complexity index is 600. The third-order valence-corrected chi connectivity index (χ3v) is 4.37. The largest absolute Gasteiger partial charge is 0.397 e. The molecule has 0 unspecified atom stereocenters. The van der Waals surface area contributed by atoms with E-state index in [4.69, 9.17) is 5.73 Å². The molecule has 0 spiro atoms. The first-order chi connectivity index (χ1) is 9.66. The molecule has 0 saturated carbocycles. The van der Waals surface area contributed by atoms with Gasteiger partial charge in [-0.3, -0.25) is 4.98 Å². The van der Waals surface area contributed by atoms with Crippen LogP contribution in [0.4, 0.5) is 11.4 Å². The van der Waals surface area contributed by atoms with E-state index < -0.39 is 0 Å². The van der Waals surface area contributed by atoms with Crippen LogP contribution < -0.4 is 10.6 Å². The van der Waals surface area contributed by atoms with Gasteiger partial charge in [-0.1, -0.05) is 6.07 Å². The first-order valence-corrected chi connectivity index (χ1v) is 7.20. The molecule has 1 fully saturated rings. The zero-order chi connectivity index (χ0) is 14.1. The molecule has 0 aliphatic carbocycles. The molecule has 1 saturated heterocycles. The van der Waals surface area contributed by atoms with Crippen LogP contribution in [-0.2, 0) is 0 Å². The van der Waals surface area contributed by atoms with E-state index in [9.17, 15) is 0 Å². The lowest BCUT2D eigenvalue weighted by atomic mass is 10.0. The number of anilines is 2. The van der Waals surface area contributed by atoms with Crippen molar-refractivity contribution in [3.63, 3.8) is 0 Å². The third kappa shape index (κ3) is 2.31. The lowest BCUT2D eigenvalue weighted by Crippen LogP contribution is -2.42. The van der Waals surface area contributed by atoms with Gasteiger partial charge in [0.05, 0.1) is 11.4 Å².